The fraction of sp³-hybridized carbons (Fsp3) is 0.900. The Morgan fingerprint density at radius 1 is 0.931 bits per heavy atom. The molecule has 0 aliphatic rings. The zero-order valence-corrected chi connectivity index (χ0v) is 20.2. The van der Waals surface area contributed by atoms with Crippen molar-refractivity contribution in [1.29, 1.82) is 0 Å². The van der Waals surface area contributed by atoms with Crippen molar-refractivity contribution >= 4 is 22.1 Å². The Morgan fingerprint density at radius 3 is 1.69 bits per heavy atom. The van der Waals surface area contributed by atoms with Gasteiger partial charge in [-0.15, -0.1) is 0 Å². The minimum absolute atomic E-state index is 0. The molecule has 0 aromatic heterocycles. The van der Waals surface area contributed by atoms with Gasteiger partial charge in [0, 0.05) is 11.9 Å². The Bertz CT molecular complexity index is 594. The fourth-order valence-corrected chi connectivity index (χ4v) is 5.13. The van der Waals surface area contributed by atoms with Crippen molar-refractivity contribution in [3.63, 3.8) is 0 Å². The molecule has 0 aliphatic heterocycles. The van der Waals surface area contributed by atoms with Crippen LogP contribution >= 0.6 is 0 Å². The van der Waals surface area contributed by atoms with Gasteiger partial charge in [0.25, 0.3) is 10.1 Å². The number of carbonyl (C=O) groups is 2. The average Bonchev–Trinajstić information content (AvgIpc) is 2.61. The topological polar surface area (TPSA) is 135 Å². The molecule has 7 nitrogen and oxygen atoms in total. The Kier molecular flexibility index (Phi) is 15.5. The van der Waals surface area contributed by atoms with Gasteiger partial charge in [-0.05, 0) is 24.7 Å². The minimum Gasteiger partial charge on any atom is -0.550 e. The van der Waals surface area contributed by atoms with Gasteiger partial charge < -0.3 is 19.8 Å². The van der Waals surface area contributed by atoms with Gasteiger partial charge in [0.05, 0.1) is 5.97 Å². The molecule has 0 aliphatic carbocycles. The largest absolute Gasteiger partial charge is 2.00 e. The van der Waals surface area contributed by atoms with Crippen molar-refractivity contribution in [3.05, 3.63) is 0 Å². The standard InChI is InChI=1S/C20H38O7S.Ag/c1-5-9-11-15(7-3)13-17(18(21)22)20(19(23)24,28(25,26)27)14-16(8-4)12-10-6-2;/h15-17H,5-14H2,1-4H3,(H,21,22)(H,23,24)(H,25,26,27);/q;+2/p-2. The number of carboxylic acid groups (broad SMARTS) is 2. The van der Waals surface area contributed by atoms with Crippen LogP contribution in [0.25, 0.3) is 0 Å². The maximum atomic E-state index is 12.3. The molecule has 4 unspecified atom stereocenters. The van der Waals surface area contributed by atoms with E-state index < -0.39 is 39.1 Å². The third-order valence-corrected chi connectivity index (χ3v) is 7.44. The van der Waals surface area contributed by atoms with Gasteiger partial charge in [0.2, 0.25) is 0 Å². The first kappa shape index (κ1) is 30.8. The van der Waals surface area contributed by atoms with Gasteiger partial charge in [-0.1, -0.05) is 79.1 Å². The van der Waals surface area contributed by atoms with Crippen molar-refractivity contribution in [3.8, 4) is 0 Å². The molecule has 29 heavy (non-hydrogen) atoms. The van der Waals surface area contributed by atoms with E-state index in [9.17, 15) is 32.8 Å². The predicted molar refractivity (Wildman–Crippen MR) is 104 cm³/mol. The number of hydrogen-bond acceptors (Lipinski definition) is 6. The summed E-state index contributed by atoms with van der Waals surface area (Å²) in [5.74, 6) is -6.26. The molecule has 175 valence electrons. The molecular formula is C20H36AgO7S. The Hall–Kier alpha value is -0.410. The van der Waals surface area contributed by atoms with Crippen LogP contribution in [0.3, 0.4) is 0 Å². The summed E-state index contributed by atoms with van der Waals surface area (Å²) in [6.45, 7) is 7.56. The number of carboxylic acids is 2. The van der Waals surface area contributed by atoms with Gasteiger partial charge >= 0.3 is 22.4 Å². The van der Waals surface area contributed by atoms with E-state index >= 15 is 0 Å². The Morgan fingerprint density at radius 2 is 1.38 bits per heavy atom. The van der Waals surface area contributed by atoms with E-state index in [2.05, 4.69) is 0 Å². The molecule has 0 spiro atoms. The van der Waals surface area contributed by atoms with Crippen molar-refractivity contribution in [2.75, 3.05) is 0 Å². The summed E-state index contributed by atoms with van der Waals surface area (Å²) in [6.07, 6.45) is 4.84. The third kappa shape index (κ3) is 8.69. The van der Waals surface area contributed by atoms with Crippen molar-refractivity contribution < 1.29 is 55.2 Å². The molecule has 0 aromatic rings. The fourth-order valence-electron chi connectivity index (χ4n) is 3.92. The minimum atomic E-state index is -5.26. The van der Waals surface area contributed by atoms with Crippen molar-refractivity contribution in [2.45, 2.75) is 96.7 Å². The predicted octanol–water partition coefficient (Wildman–Crippen LogP) is 1.94. The van der Waals surface area contributed by atoms with Crippen LogP contribution in [0.1, 0.15) is 91.9 Å². The maximum Gasteiger partial charge on any atom is 2.00 e. The summed E-state index contributed by atoms with van der Waals surface area (Å²) in [6, 6.07) is 0. The molecule has 0 saturated carbocycles. The van der Waals surface area contributed by atoms with E-state index in [0.29, 0.717) is 25.7 Å². The van der Waals surface area contributed by atoms with Crippen LogP contribution in [-0.2, 0) is 42.1 Å². The first-order valence-electron chi connectivity index (χ1n) is 10.4. The van der Waals surface area contributed by atoms with Crippen LogP contribution in [-0.4, -0.2) is 29.7 Å². The molecule has 0 fully saturated rings. The summed E-state index contributed by atoms with van der Waals surface area (Å²) >= 11 is 0. The average molecular weight is 528 g/mol. The summed E-state index contributed by atoms with van der Waals surface area (Å²) in [7, 11) is -5.26. The molecule has 0 bridgehead atoms. The smallest absolute Gasteiger partial charge is 0.550 e. The number of unbranched alkanes of at least 4 members (excludes halogenated alkanes) is 2. The summed E-state index contributed by atoms with van der Waals surface area (Å²) in [5.41, 5.74) is 0. The molecule has 1 radical (unpaired) electrons. The Labute approximate surface area is 191 Å². The number of rotatable bonds is 16. The normalized spacial score (nSPS) is 16.9. The van der Waals surface area contributed by atoms with Gasteiger partial charge in [0.1, 0.15) is 4.75 Å². The van der Waals surface area contributed by atoms with E-state index in [-0.39, 0.29) is 40.6 Å². The number of hydrogen-bond donors (Lipinski definition) is 1. The zero-order valence-electron chi connectivity index (χ0n) is 17.9. The second kappa shape index (κ2) is 14.6. The molecule has 0 heterocycles. The van der Waals surface area contributed by atoms with Gasteiger partial charge in [-0.2, -0.15) is 8.42 Å². The van der Waals surface area contributed by atoms with E-state index in [1.807, 2.05) is 20.8 Å². The molecule has 0 saturated heterocycles. The first-order chi connectivity index (χ1) is 13.0. The van der Waals surface area contributed by atoms with Gasteiger partial charge in [0.15, 0.2) is 0 Å². The van der Waals surface area contributed by atoms with E-state index in [0.717, 1.165) is 25.7 Å². The van der Waals surface area contributed by atoms with Crippen LogP contribution < -0.4 is 10.2 Å². The molecule has 0 aromatic carbocycles. The van der Waals surface area contributed by atoms with Crippen molar-refractivity contribution in [2.24, 2.45) is 17.8 Å². The molecule has 9 heteroatoms. The van der Waals surface area contributed by atoms with E-state index in [1.54, 1.807) is 6.92 Å². The summed E-state index contributed by atoms with van der Waals surface area (Å²) in [4.78, 5) is 24.0. The van der Waals surface area contributed by atoms with Crippen LogP contribution in [0, 0.1) is 17.8 Å². The second-order valence-electron chi connectivity index (χ2n) is 7.80. The molecule has 1 N–H and O–H groups in total. The van der Waals surface area contributed by atoms with Crippen LogP contribution in [0.15, 0.2) is 0 Å². The number of aliphatic carboxylic acids is 2. The molecule has 4 atom stereocenters. The van der Waals surface area contributed by atoms with Crippen LogP contribution in [0.5, 0.6) is 0 Å². The summed E-state index contributed by atoms with van der Waals surface area (Å²) in [5, 5.41) is 24.0. The molecule has 0 amide bonds. The first-order valence-corrected chi connectivity index (χ1v) is 11.8. The second-order valence-corrected chi connectivity index (χ2v) is 9.48. The Balaban J connectivity index is 0. The quantitative estimate of drug-likeness (QED) is 0.239. The summed E-state index contributed by atoms with van der Waals surface area (Å²) < 4.78 is 31.6. The number of carbonyl (C=O) groups excluding carboxylic acids is 2. The van der Waals surface area contributed by atoms with Crippen molar-refractivity contribution in [1.82, 2.24) is 0 Å². The monoisotopic (exact) mass is 527 g/mol. The van der Waals surface area contributed by atoms with Crippen LogP contribution in [0.4, 0.5) is 0 Å². The van der Waals surface area contributed by atoms with Crippen LogP contribution in [0.2, 0.25) is 0 Å². The third-order valence-electron chi connectivity index (χ3n) is 5.90. The van der Waals surface area contributed by atoms with E-state index in [4.69, 9.17) is 0 Å². The molecular weight excluding hydrogens is 492 g/mol. The zero-order chi connectivity index (χ0) is 22.0. The molecule has 0 rings (SSSR count). The SMILES string of the molecule is CCCCC(CC)CC(C(=O)[O-])C(CC(CC)CCCC)(C(=O)[O-])S(=O)(=O)O.[Ag+2]. The van der Waals surface area contributed by atoms with Gasteiger partial charge in [-0.25, -0.2) is 0 Å². The van der Waals surface area contributed by atoms with E-state index in [1.165, 1.54) is 0 Å². The van der Waals surface area contributed by atoms with Gasteiger partial charge in [-0.3, -0.25) is 4.55 Å². The maximum absolute atomic E-state index is 12.3.